The summed E-state index contributed by atoms with van der Waals surface area (Å²) >= 11 is 0. The van der Waals surface area contributed by atoms with Crippen LogP contribution in [0.5, 0.6) is 5.75 Å². The van der Waals surface area contributed by atoms with Gasteiger partial charge in [-0.15, -0.1) is 0 Å². The number of carbonyl (C=O) groups is 1. The first-order valence-electron chi connectivity index (χ1n) is 7.36. The molecule has 0 saturated carbocycles. The highest BCUT2D eigenvalue weighted by atomic mass is 16.5. The van der Waals surface area contributed by atoms with Crippen molar-refractivity contribution in [3.8, 4) is 28.1 Å². The number of rotatable bonds is 5. The summed E-state index contributed by atoms with van der Waals surface area (Å²) in [4.78, 5) is 11.7. The predicted octanol–water partition coefficient (Wildman–Crippen LogP) is 3.24. The number of primary amides is 1. The quantitative estimate of drug-likeness (QED) is 0.759. The molecule has 0 atom stereocenters. The van der Waals surface area contributed by atoms with Crippen LogP contribution in [0.1, 0.15) is 17.3 Å². The Hall–Kier alpha value is -3.08. The third-order valence-electron chi connectivity index (χ3n) is 3.55. The topological polar surface area (TPSA) is 81.0 Å². The highest BCUT2D eigenvalue weighted by Crippen LogP contribution is 2.29. The molecule has 1 aromatic heterocycles. The molecule has 116 valence electrons. The molecule has 3 aromatic rings. The van der Waals surface area contributed by atoms with E-state index in [-0.39, 0.29) is 0 Å². The number of benzene rings is 2. The van der Waals surface area contributed by atoms with Crippen molar-refractivity contribution in [2.75, 3.05) is 6.61 Å². The molecule has 0 radical (unpaired) electrons. The Morgan fingerprint density at radius 3 is 2.61 bits per heavy atom. The van der Waals surface area contributed by atoms with E-state index in [9.17, 15) is 4.79 Å². The summed E-state index contributed by atoms with van der Waals surface area (Å²) in [5.41, 5.74) is 9.71. The van der Waals surface area contributed by atoms with Crippen LogP contribution in [0.25, 0.3) is 22.4 Å². The monoisotopic (exact) mass is 307 g/mol. The summed E-state index contributed by atoms with van der Waals surface area (Å²) in [6.07, 6.45) is 1.71. The van der Waals surface area contributed by atoms with E-state index in [1.165, 1.54) is 0 Å². The molecule has 1 amide bonds. The van der Waals surface area contributed by atoms with E-state index < -0.39 is 5.91 Å². The maximum absolute atomic E-state index is 11.7. The Kier molecular flexibility index (Phi) is 4.10. The number of H-pyrrole nitrogens is 1. The van der Waals surface area contributed by atoms with Gasteiger partial charge in [0.25, 0.3) is 5.91 Å². The number of aromatic amines is 1. The van der Waals surface area contributed by atoms with Crippen LogP contribution in [0.2, 0.25) is 0 Å². The first kappa shape index (κ1) is 14.8. The maximum atomic E-state index is 11.7. The number of amides is 1. The fourth-order valence-electron chi connectivity index (χ4n) is 2.47. The highest BCUT2D eigenvalue weighted by molar-refractivity contribution is 5.97. The molecule has 5 heteroatoms. The molecule has 23 heavy (non-hydrogen) atoms. The van der Waals surface area contributed by atoms with Gasteiger partial charge < -0.3 is 10.5 Å². The standard InChI is InChI=1S/C18H17N3O2/c1-2-23-17-7-6-13(11-15(17)18(19)22)12-4-3-5-14(10-12)16-8-9-20-21-16/h3-11H,2H2,1H3,(H2,19,22)(H,20,21). The molecule has 1 heterocycles. The third-order valence-corrected chi connectivity index (χ3v) is 3.55. The Bertz CT molecular complexity index is 826. The normalized spacial score (nSPS) is 10.5. The molecule has 0 aliphatic heterocycles. The summed E-state index contributed by atoms with van der Waals surface area (Å²) in [6.45, 7) is 2.35. The molecule has 0 saturated heterocycles. The lowest BCUT2D eigenvalue weighted by Gasteiger charge is -2.10. The van der Waals surface area contributed by atoms with Gasteiger partial charge in [0.15, 0.2) is 0 Å². The number of aromatic nitrogens is 2. The minimum atomic E-state index is -0.500. The van der Waals surface area contributed by atoms with Crippen LogP contribution in [0, 0.1) is 0 Å². The number of nitrogens with one attached hydrogen (secondary N) is 1. The van der Waals surface area contributed by atoms with Crippen LogP contribution in [-0.2, 0) is 0 Å². The molecule has 0 unspecified atom stereocenters. The molecule has 0 bridgehead atoms. The van der Waals surface area contributed by atoms with Gasteiger partial charge in [0.2, 0.25) is 0 Å². The second-order valence-electron chi connectivity index (χ2n) is 5.06. The van der Waals surface area contributed by atoms with Crippen molar-refractivity contribution in [1.29, 1.82) is 0 Å². The van der Waals surface area contributed by atoms with Crippen LogP contribution in [0.15, 0.2) is 54.7 Å². The fourth-order valence-corrected chi connectivity index (χ4v) is 2.47. The first-order valence-corrected chi connectivity index (χ1v) is 7.36. The zero-order valence-electron chi connectivity index (χ0n) is 12.7. The average Bonchev–Trinajstić information content (AvgIpc) is 3.10. The second-order valence-corrected chi connectivity index (χ2v) is 5.06. The van der Waals surface area contributed by atoms with Crippen molar-refractivity contribution in [3.05, 3.63) is 60.3 Å². The maximum Gasteiger partial charge on any atom is 0.252 e. The van der Waals surface area contributed by atoms with Crippen molar-refractivity contribution in [2.45, 2.75) is 6.92 Å². The van der Waals surface area contributed by atoms with Crippen molar-refractivity contribution in [2.24, 2.45) is 5.73 Å². The molecule has 0 aliphatic rings. The lowest BCUT2D eigenvalue weighted by Crippen LogP contribution is -2.13. The predicted molar refractivity (Wildman–Crippen MR) is 89.1 cm³/mol. The number of hydrogen-bond acceptors (Lipinski definition) is 3. The smallest absolute Gasteiger partial charge is 0.252 e. The van der Waals surface area contributed by atoms with Crippen LogP contribution < -0.4 is 10.5 Å². The molecule has 2 aromatic carbocycles. The van der Waals surface area contributed by atoms with E-state index in [1.54, 1.807) is 18.3 Å². The van der Waals surface area contributed by atoms with Gasteiger partial charge in [0.05, 0.1) is 17.9 Å². The third kappa shape index (κ3) is 3.08. The van der Waals surface area contributed by atoms with Crippen molar-refractivity contribution in [1.82, 2.24) is 10.2 Å². The van der Waals surface area contributed by atoms with Crippen LogP contribution in [0.4, 0.5) is 0 Å². The van der Waals surface area contributed by atoms with Gasteiger partial charge in [-0.2, -0.15) is 5.10 Å². The Morgan fingerprint density at radius 2 is 1.91 bits per heavy atom. The number of hydrogen-bond donors (Lipinski definition) is 2. The van der Waals surface area contributed by atoms with E-state index in [0.29, 0.717) is 17.9 Å². The van der Waals surface area contributed by atoms with E-state index in [4.69, 9.17) is 10.5 Å². The van der Waals surface area contributed by atoms with E-state index >= 15 is 0 Å². The molecule has 5 nitrogen and oxygen atoms in total. The lowest BCUT2D eigenvalue weighted by atomic mass is 9.99. The molecule has 0 fully saturated rings. The van der Waals surface area contributed by atoms with Gasteiger partial charge in [-0.05, 0) is 42.3 Å². The van der Waals surface area contributed by atoms with E-state index in [0.717, 1.165) is 22.4 Å². The summed E-state index contributed by atoms with van der Waals surface area (Å²) in [5.74, 6) is 0.00787. The largest absolute Gasteiger partial charge is 0.493 e. The van der Waals surface area contributed by atoms with Gasteiger partial charge in [0, 0.05) is 11.8 Å². The van der Waals surface area contributed by atoms with Crippen molar-refractivity contribution < 1.29 is 9.53 Å². The van der Waals surface area contributed by atoms with E-state index in [2.05, 4.69) is 10.2 Å². The second kappa shape index (κ2) is 6.36. The molecule has 0 aliphatic carbocycles. The number of nitrogens with zero attached hydrogens (tertiary/aromatic N) is 1. The van der Waals surface area contributed by atoms with Crippen LogP contribution >= 0.6 is 0 Å². The lowest BCUT2D eigenvalue weighted by molar-refractivity contribution is 0.0996. The molecular weight excluding hydrogens is 290 g/mol. The highest BCUT2D eigenvalue weighted by Gasteiger charge is 2.11. The zero-order valence-corrected chi connectivity index (χ0v) is 12.7. The summed E-state index contributed by atoms with van der Waals surface area (Å²) in [6, 6.07) is 15.4. The molecule has 0 spiro atoms. The Balaban J connectivity index is 2.03. The zero-order chi connectivity index (χ0) is 16.2. The van der Waals surface area contributed by atoms with Gasteiger partial charge in [-0.25, -0.2) is 0 Å². The first-order chi connectivity index (χ1) is 11.2. The molecule has 3 rings (SSSR count). The average molecular weight is 307 g/mol. The van der Waals surface area contributed by atoms with Gasteiger partial charge >= 0.3 is 0 Å². The minimum Gasteiger partial charge on any atom is -0.493 e. The number of carbonyl (C=O) groups excluding carboxylic acids is 1. The summed E-state index contributed by atoms with van der Waals surface area (Å²) in [7, 11) is 0. The fraction of sp³-hybridized carbons (Fsp3) is 0.111. The SMILES string of the molecule is CCOc1ccc(-c2cccc(-c3ccn[nH]3)c2)cc1C(N)=O. The minimum absolute atomic E-state index is 0.385. The van der Waals surface area contributed by atoms with Crippen LogP contribution in [0.3, 0.4) is 0 Å². The Morgan fingerprint density at radius 1 is 1.13 bits per heavy atom. The van der Waals surface area contributed by atoms with Crippen molar-refractivity contribution in [3.63, 3.8) is 0 Å². The van der Waals surface area contributed by atoms with Gasteiger partial charge in [-0.3, -0.25) is 9.89 Å². The summed E-state index contributed by atoms with van der Waals surface area (Å²) in [5, 5.41) is 6.91. The Labute approximate surface area is 134 Å². The van der Waals surface area contributed by atoms with Crippen LogP contribution in [-0.4, -0.2) is 22.7 Å². The molecular formula is C18H17N3O2. The number of ether oxygens (including phenoxy) is 1. The molecule has 3 N–H and O–H groups in total. The number of nitrogens with two attached hydrogens (primary N) is 1. The van der Waals surface area contributed by atoms with Crippen molar-refractivity contribution >= 4 is 5.91 Å². The van der Waals surface area contributed by atoms with Gasteiger partial charge in [-0.1, -0.05) is 24.3 Å². The van der Waals surface area contributed by atoms with Gasteiger partial charge in [0.1, 0.15) is 5.75 Å². The summed E-state index contributed by atoms with van der Waals surface area (Å²) < 4.78 is 5.46. The van der Waals surface area contributed by atoms with E-state index in [1.807, 2.05) is 43.3 Å².